The monoisotopic (exact) mass is 259 g/mol. The lowest BCUT2D eigenvalue weighted by Gasteiger charge is -2.11. The van der Waals surface area contributed by atoms with E-state index in [-0.39, 0.29) is 0 Å². The van der Waals surface area contributed by atoms with Crippen molar-refractivity contribution in [3.8, 4) is 5.75 Å². The summed E-state index contributed by atoms with van der Waals surface area (Å²) in [4.78, 5) is 4.54. The Morgan fingerprint density at radius 3 is 2.71 bits per heavy atom. The summed E-state index contributed by atoms with van der Waals surface area (Å²) in [5.74, 6) is 5.85. The zero-order chi connectivity index (χ0) is 10.6. The number of nitrogens with two attached hydrogens (primary N) is 1. The predicted molar refractivity (Wildman–Crippen MR) is 59.3 cm³/mol. The topological polar surface area (TPSA) is 44.5 Å². The van der Waals surface area contributed by atoms with E-state index >= 15 is 0 Å². The molecule has 0 saturated heterocycles. The molecule has 0 saturated carbocycles. The van der Waals surface area contributed by atoms with Gasteiger partial charge in [-0.05, 0) is 34.0 Å². The molecule has 1 aromatic rings. The summed E-state index contributed by atoms with van der Waals surface area (Å²) in [6.07, 6.45) is 0.749. The molecule has 3 nitrogen and oxygen atoms in total. The van der Waals surface area contributed by atoms with E-state index in [4.69, 9.17) is 10.6 Å². The van der Waals surface area contributed by atoms with Gasteiger partial charge in [0.1, 0.15) is 5.75 Å². The third-order valence-corrected chi connectivity index (χ3v) is 3.05. The number of hydrogen-bond donors (Lipinski definition) is 1. The van der Waals surface area contributed by atoms with Gasteiger partial charge in [0.2, 0.25) is 0 Å². The number of hydrogen-bond acceptors (Lipinski definition) is 3. The van der Waals surface area contributed by atoms with Crippen molar-refractivity contribution in [2.45, 2.75) is 13.3 Å². The summed E-state index contributed by atoms with van der Waals surface area (Å²) in [7, 11) is 1.66. The Morgan fingerprint density at radius 2 is 2.14 bits per heavy atom. The van der Waals surface area contributed by atoms with E-state index in [1.807, 2.05) is 19.1 Å². The largest absolute Gasteiger partial charge is 0.495 e. The second kappa shape index (κ2) is 5.34. The number of methoxy groups -OCH3 is 1. The van der Waals surface area contributed by atoms with Crippen LogP contribution >= 0.6 is 15.9 Å². The Hall–Kier alpha value is -0.580. The highest BCUT2D eigenvalue weighted by atomic mass is 79.9. The molecule has 0 bridgehead atoms. The first-order valence-electron chi connectivity index (χ1n) is 4.34. The predicted octanol–water partition coefficient (Wildman–Crippen LogP) is 2.20. The van der Waals surface area contributed by atoms with Crippen molar-refractivity contribution in [3.63, 3.8) is 0 Å². The Morgan fingerprint density at radius 1 is 1.43 bits per heavy atom. The molecule has 78 valence electrons. The molecule has 0 heterocycles. The smallest absolute Gasteiger partial charge is 0.136 e. The van der Waals surface area contributed by atoms with Crippen LogP contribution in [0.3, 0.4) is 0 Å². The van der Waals surface area contributed by atoms with Crippen molar-refractivity contribution in [3.05, 3.63) is 27.7 Å². The van der Waals surface area contributed by atoms with Crippen molar-refractivity contribution in [1.82, 2.24) is 0 Å². The third kappa shape index (κ3) is 2.47. The first-order valence-corrected chi connectivity index (χ1v) is 5.13. The zero-order valence-corrected chi connectivity index (χ0v) is 9.93. The maximum atomic E-state index is 5.31. The van der Waals surface area contributed by atoms with Gasteiger partial charge in [0.05, 0.1) is 18.2 Å². The highest BCUT2D eigenvalue weighted by molar-refractivity contribution is 9.10. The van der Waals surface area contributed by atoms with Gasteiger partial charge in [-0.25, -0.2) is 5.90 Å². The fourth-order valence-corrected chi connectivity index (χ4v) is 1.83. The second-order valence-corrected chi connectivity index (χ2v) is 3.80. The summed E-state index contributed by atoms with van der Waals surface area (Å²) in [6.45, 7) is 2.52. The molecule has 0 amide bonds. The van der Waals surface area contributed by atoms with Crippen LogP contribution < -0.4 is 10.6 Å². The normalized spacial score (nSPS) is 10.3. The van der Waals surface area contributed by atoms with Crippen LogP contribution in [0.5, 0.6) is 5.75 Å². The highest BCUT2D eigenvalue weighted by Crippen LogP contribution is 2.32. The van der Waals surface area contributed by atoms with Crippen LogP contribution in [-0.4, -0.2) is 13.7 Å². The minimum absolute atomic E-state index is 0.492. The molecule has 0 spiro atoms. The molecule has 14 heavy (non-hydrogen) atoms. The zero-order valence-electron chi connectivity index (χ0n) is 8.34. The average molecular weight is 260 g/mol. The lowest BCUT2D eigenvalue weighted by molar-refractivity contribution is 0.140. The molecule has 0 unspecified atom stereocenters. The molecule has 1 aromatic carbocycles. The fourth-order valence-electron chi connectivity index (χ4n) is 1.28. The van der Waals surface area contributed by atoms with Crippen LogP contribution in [-0.2, 0) is 11.3 Å². The molecule has 1 rings (SSSR count). The molecule has 4 heteroatoms. The molecule has 0 aliphatic carbocycles. The molecule has 0 radical (unpaired) electrons. The van der Waals surface area contributed by atoms with Crippen LogP contribution in [0.4, 0.5) is 0 Å². The van der Waals surface area contributed by atoms with Crippen molar-refractivity contribution in [1.29, 1.82) is 0 Å². The van der Waals surface area contributed by atoms with E-state index in [9.17, 15) is 0 Å². The number of ether oxygens (including phenoxy) is 1. The van der Waals surface area contributed by atoms with Gasteiger partial charge >= 0.3 is 0 Å². The van der Waals surface area contributed by atoms with Crippen LogP contribution in [0.2, 0.25) is 0 Å². The van der Waals surface area contributed by atoms with Gasteiger partial charge in [-0.15, -0.1) is 0 Å². The standard InChI is InChI=1S/C10H14BrNO2/c1-7-3-4-8(5-6-14-12)10(13-2)9(7)11/h3-4H,5-6,12H2,1-2H3. The quantitative estimate of drug-likeness (QED) is 0.844. The van der Waals surface area contributed by atoms with Gasteiger partial charge in [0.25, 0.3) is 0 Å². The minimum atomic E-state index is 0.492. The second-order valence-electron chi connectivity index (χ2n) is 3.01. The van der Waals surface area contributed by atoms with E-state index in [0.29, 0.717) is 6.61 Å². The molecule has 0 aliphatic heterocycles. The van der Waals surface area contributed by atoms with Crippen molar-refractivity contribution in [2.75, 3.05) is 13.7 Å². The Kier molecular flexibility index (Phi) is 4.38. The molecule has 0 fully saturated rings. The summed E-state index contributed by atoms with van der Waals surface area (Å²) in [6, 6.07) is 4.07. The first kappa shape index (κ1) is 11.5. The van der Waals surface area contributed by atoms with Gasteiger partial charge in [-0.3, -0.25) is 0 Å². The molecule has 0 aliphatic rings. The lowest BCUT2D eigenvalue weighted by Crippen LogP contribution is -2.05. The maximum absolute atomic E-state index is 5.31. The van der Waals surface area contributed by atoms with E-state index < -0.39 is 0 Å². The number of benzene rings is 1. The summed E-state index contributed by atoms with van der Waals surface area (Å²) >= 11 is 3.49. The van der Waals surface area contributed by atoms with Gasteiger partial charge in [0, 0.05) is 6.42 Å². The molecule has 2 N–H and O–H groups in total. The van der Waals surface area contributed by atoms with E-state index in [2.05, 4.69) is 20.8 Å². The maximum Gasteiger partial charge on any atom is 0.136 e. The summed E-state index contributed by atoms with van der Waals surface area (Å²) in [5, 5.41) is 0. The summed E-state index contributed by atoms with van der Waals surface area (Å²) in [5.41, 5.74) is 2.25. The Balaban J connectivity index is 2.98. The van der Waals surface area contributed by atoms with Crippen molar-refractivity contribution >= 4 is 15.9 Å². The van der Waals surface area contributed by atoms with Crippen LogP contribution in [0.1, 0.15) is 11.1 Å². The first-order chi connectivity index (χ1) is 6.70. The Labute approximate surface area is 92.3 Å². The van der Waals surface area contributed by atoms with Crippen molar-refractivity contribution in [2.24, 2.45) is 5.90 Å². The number of rotatable bonds is 4. The van der Waals surface area contributed by atoms with Gasteiger partial charge < -0.3 is 9.57 Å². The minimum Gasteiger partial charge on any atom is -0.495 e. The third-order valence-electron chi connectivity index (χ3n) is 2.07. The van der Waals surface area contributed by atoms with Crippen LogP contribution in [0, 0.1) is 6.92 Å². The molecular formula is C10H14BrNO2. The van der Waals surface area contributed by atoms with Gasteiger partial charge in [-0.2, -0.15) is 0 Å². The van der Waals surface area contributed by atoms with Crippen molar-refractivity contribution < 1.29 is 9.57 Å². The van der Waals surface area contributed by atoms with Gasteiger partial charge in [0.15, 0.2) is 0 Å². The number of halogens is 1. The van der Waals surface area contributed by atoms with E-state index in [1.165, 1.54) is 0 Å². The van der Waals surface area contributed by atoms with Gasteiger partial charge in [-0.1, -0.05) is 12.1 Å². The van der Waals surface area contributed by atoms with Crippen LogP contribution in [0.25, 0.3) is 0 Å². The number of aryl methyl sites for hydroxylation is 1. The van der Waals surface area contributed by atoms with Crippen LogP contribution in [0.15, 0.2) is 16.6 Å². The molecule has 0 aromatic heterocycles. The summed E-state index contributed by atoms with van der Waals surface area (Å²) < 4.78 is 6.31. The average Bonchev–Trinajstić information content (AvgIpc) is 2.20. The van der Waals surface area contributed by atoms with E-state index in [1.54, 1.807) is 7.11 Å². The fraction of sp³-hybridized carbons (Fsp3) is 0.400. The molecule has 0 atom stereocenters. The SMILES string of the molecule is COc1c(CCON)ccc(C)c1Br. The lowest BCUT2D eigenvalue weighted by atomic mass is 10.1. The van der Waals surface area contributed by atoms with E-state index in [0.717, 1.165) is 27.8 Å². The molecular weight excluding hydrogens is 246 g/mol. The Bertz CT molecular complexity index is 315. The highest BCUT2D eigenvalue weighted by Gasteiger charge is 2.09.